The normalized spacial score (nSPS) is 10.7. The van der Waals surface area contributed by atoms with Crippen LogP contribution in [0.25, 0.3) is 0 Å². The van der Waals surface area contributed by atoms with E-state index in [-0.39, 0.29) is 11.4 Å². The van der Waals surface area contributed by atoms with Crippen LogP contribution in [0.4, 0.5) is 11.4 Å². The topological polar surface area (TPSA) is 108 Å². The number of rotatable bonds is 9. The molecule has 0 aliphatic carbocycles. The van der Waals surface area contributed by atoms with Crippen molar-refractivity contribution in [3.05, 3.63) is 67.8 Å². The summed E-state index contributed by atoms with van der Waals surface area (Å²) in [5.74, 6) is 1.09. The highest BCUT2D eigenvalue weighted by molar-refractivity contribution is 5.45. The molecule has 0 bridgehead atoms. The molecule has 0 atom stereocenters. The molecule has 2 aromatic carbocycles. The highest BCUT2D eigenvalue weighted by Gasteiger charge is 2.17. The summed E-state index contributed by atoms with van der Waals surface area (Å²) < 4.78 is 10.6. The second-order valence-corrected chi connectivity index (χ2v) is 5.81. The number of nitro groups is 2. The molecule has 9 heteroatoms. The van der Waals surface area contributed by atoms with Crippen molar-refractivity contribution < 1.29 is 19.3 Å². The highest BCUT2D eigenvalue weighted by atomic mass is 16.6. The van der Waals surface area contributed by atoms with Crippen LogP contribution >= 0.6 is 0 Å². The Labute approximate surface area is 156 Å². The first-order valence-electron chi connectivity index (χ1n) is 8.24. The summed E-state index contributed by atoms with van der Waals surface area (Å²) in [6.45, 7) is 3.33. The minimum absolute atomic E-state index is 0.0187. The van der Waals surface area contributed by atoms with Gasteiger partial charge in [-0.1, -0.05) is 6.92 Å². The van der Waals surface area contributed by atoms with Gasteiger partial charge >= 0.3 is 0 Å². The van der Waals surface area contributed by atoms with E-state index in [0.29, 0.717) is 42.3 Å². The minimum atomic E-state index is -0.456. The fraction of sp³-hybridized carbons (Fsp3) is 0.333. The Hall–Kier alpha value is -3.20. The van der Waals surface area contributed by atoms with Crippen LogP contribution in [-0.2, 0) is 13.1 Å². The third kappa shape index (κ3) is 4.91. The zero-order chi connectivity index (χ0) is 20.0. The fourth-order valence-electron chi connectivity index (χ4n) is 2.77. The van der Waals surface area contributed by atoms with E-state index < -0.39 is 9.85 Å². The molecule has 0 unspecified atom stereocenters. The van der Waals surface area contributed by atoms with Gasteiger partial charge in [0, 0.05) is 48.5 Å². The molecule has 27 heavy (non-hydrogen) atoms. The predicted molar refractivity (Wildman–Crippen MR) is 99.1 cm³/mol. The largest absolute Gasteiger partial charge is 0.496 e. The third-order valence-corrected chi connectivity index (χ3v) is 4.18. The quantitative estimate of drug-likeness (QED) is 0.487. The van der Waals surface area contributed by atoms with Crippen LogP contribution in [0.1, 0.15) is 18.1 Å². The van der Waals surface area contributed by atoms with Gasteiger partial charge in [0.15, 0.2) is 0 Å². The van der Waals surface area contributed by atoms with Gasteiger partial charge in [-0.25, -0.2) is 0 Å². The van der Waals surface area contributed by atoms with Crippen LogP contribution < -0.4 is 9.47 Å². The van der Waals surface area contributed by atoms with Crippen molar-refractivity contribution in [1.29, 1.82) is 0 Å². The maximum absolute atomic E-state index is 11.1. The second-order valence-electron chi connectivity index (χ2n) is 5.81. The van der Waals surface area contributed by atoms with E-state index in [0.717, 1.165) is 0 Å². The third-order valence-electron chi connectivity index (χ3n) is 4.18. The van der Waals surface area contributed by atoms with Crippen molar-refractivity contribution in [1.82, 2.24) is 4.90 Å². The Morgan fingerprint density at radius 2 is 1.26 bits per heavy atom. The molecule has 0 aliphatic rings. The van der Waals surface area contributed by atoms with E-state index in [1.807, 2.05) is 11.8 Å². The lowest BCUT2D eigenvalue weighted by atomic mass is 10.1. The standard InChI is InChI=1S/C18H21N3O6/c1-4-19(11-13-9-15(20(22)23)5-7-17(13)26-2)12-14-10-16(21(24)25)6-8-18(14)27-3/h5-10H,4,11-12H2,1-3H3. The number of methoxy groups -OCH3 is 2. The van der Waals surface area contributed by atoms with Crippen molar-refractivity contribution in [2.75, 3.05) is 20.8 Å². The van der Waals surface area contributed by atoms with Crippen LogP contribution in [0.15, 0.2) is 36.4 Å². The summed E-state index contributed by atoms with van der Waals surface area (Å²) in [6.07, 6.45) is 0. The molecule has 0 aromatic heterocycles. The molecule has 0 heterocycles. The van der Waals surface area contributed by atoms with Gasteiger partial charge in [-0.05, 0) is 18.7 Å². The second kappa shape index (κ2) is 8.95. The van der Waals surface area contributed by atoms with Gasteiger partial charge in [0.1, 0.15) is 11.5 Å². The van der Waals surface area contributed by atoms with Gasteiger partial charge < -0.3 is 9.47 Å². The zero-order valence-corrected chi connectivity index (χ0v) is 15.4. The van der Waals surface area contributed by atoms with E-state index in [1.165, 1.54) is 38.5 Å². The Kier molecular flexibility index (Phi) is 6.67. The Balaban J connectivity index is 2.31. The molecule has 0 radical (unpaired) electrons. The van der Waals surface area contributed by atoms with Crippen molar-refractivity contribution in [2.24, 2.45) is 0 Å². The molecule has 2 aromatic rings. The lowest BCUT2D eigenvalue weighted by Crippen LogP contribution is -2.23. The molecule has 0 aliphatic heterocycles. The number of hydrogen-bond acceptors (Lipinski definition) is 7. The molecular weight excluding hydrogens is 354 g/mol. The summed E-state index contributed by atoms with van der Waals surface area (Å²) in [5, 5.41) is 22.1. The monoisotopic (exact) mass is 375 g/mol. The van der Waals surface area contributed by atoms with Crippen molar-refractivity contribution >= 4 is 11.4 Å². The van der Waals surface area contributed by atoms with Crippen molar-refractivity contribution in [3.63, 3.8) is 0 Å². The lowest BCUT2D eigenvalue weighted by Gasteiger charge is -2.22. The van der Waals surface area contributed by atoms with E-state index in [9.17, 15) is 20.2 Å². The number of non-ortho nitro benzene ring substituents is 2. The number of ether oxygens (including phenoxy) is 2. The van der Waals surface area contributed by atoms with Crippen LogP contribution in [0.5, 0.6) is 11.5 Å². The molecule has 144 valence electrons. The summed E-state index contributed by atoms with van der Waals surface area (Å²) in [4.78, 5) is 23.2. The highest BCUT2D eigenvalue weighted by Crippen LogP contribution is 2.28. The minimum Gasteiger partial charge on any atom is -0.496 e. The summed E-state index contributed by atoms with van der Waals surface area (Å²) in [5.41, 5.74) is 1.29. The smallest absolute Gasteiger partial charge is 0.270 e. The summed E-state index contributed by atoms with van der Waals surface area (Å²) in [6, 6.07) is 8.87. The molecule has 0 fully saturated rings. The molecule has 0 saturated carbocycles. The molecular formula is C18H21N3O6. The Morgan fingerprint density at radius 1 is 0.852 bits per heavy atom. The summed E-state index contributed by atoms with van der Waals surface area (Å²) >= 11 is 0. The van der Waals surface area contributed by atoms with Gasteiger partial charge in [-0.15, -0.1) is 0 Å². The van der Waals surface area contributed by atoms with Crippen LogP contribution in [-0.4, -0.2) is 35.5 Å². The first-order valence-corrected chi connectivity index (χ1v) is 8.24. The van der Waals surface area contributed by atoms with Gasteiger partial charge in [-0.3, -0.25) is 25.1 Å². The van der Waals surface area contributed by atoms with E-state index in [4.69, 9.17) is 9.47 Å². The first kappa shape index (κ1) is 20.1. The molecule has 9 nitrogen and oxygen atoms in total. The van der Waals surface area contributed by atoms with E-state index in [1.54, 1.807) is 12.1 Å². The number of benzene rings is 2. The molecule has 0 saturated heterocycles. The van der Waals surface area contributed by atoms with Crippen LogP contribution in [0, 0.1) is 20.2 Å². The fourth-order valence-corrected chi connectivity index (χ4v) is 2.77. The van der Waals surface area contributed by atoms with E-state index >= 15 is 0 Å². The maximum atomic E-state index is 11.1. The SMILES string of the molecule is CCN(Cc1cc([N+](=O)[O-])ccc1OC)Cc1cc([N+](=O)[O-])ccc1OC. The summed E-state index contributed by atoms with van der Waals surface area (Å²) in [7, 11) is 3.01. The van der Waals surface area contributed by atoms with E-state index in [2.05, 4.69) is 0 Å². The van der Waals surface area contributed by atoms with Gasteiger partial charge in [0.25, 0.3) is 11.4 Å². The van der Waals surface area contributed by atoms with Crippen molar-refractivity contribution in [3.8, 4) is 11.5 Å². The van der Waals surface area contributed by atoms with Crippen LogP contribution in [0.2, 0.25) is 0 Å². The number of hydrogen-bond donors (Lipinski definition) is 0. The number of nitro benzene ring substituents is 2. The number of nitrogens with zero attached hydrogens (tertiary/aromatic N) is 3. The van der Waals surface area contributed by atoms with Crippen molar-refractivity contribution in [2.45, 2.75) is 20.0 Å². The average Bonchev–Trinajstić information content (AvgIpc) is 2.66. The zero-order valence-electron chi connectivity index (χ0n) is 15.4. The Bertz CT molecular complexity index is 772. The van der Waals surface area contributed by atoms with Crippen LogP contribution in [0.3, 0.4) is 0 Å². The van der Waals surface area contributed by atoms with Gasteiger partial charge in [0.2, 0.25) is 0 Å². The molecule has 0 amide bonds. The average molecular weight is 375 g/mol. The lowest BCUT2D eigenvalue weighted by molar-refractivity contribution is -0.385. The maximum Gasteiger partial charge on any atom is 0.270 e. The van der Waals surface area contributed by atoms with Gasteiger partial charge in [0.05, 0.1) is 24.1 Å². The molecule has 0 spiro atoms. The molecule has 0 N–H and O–H groups in total. The first-order chi connectivity index (χ1) is 12.9. The predicted octanol–water partition coefficient (Wildman–Crippen LogP) is 3.54. The molecule has 2 rings (SSSR count). The Morgan fingerprint density at radius 3 is 1.56 bits per heavy atom. The van der Waals surface area contributed by atoms with Gasteiger partial charge in [-0.2, -0.15) is 0 Å².